The molecule has 0 aromatic heterocycles. The van der Waals surface area contributed by atoms with Gasteiger partial charge in [0.2, 0.25) is 0 Å². The summed E-state index contributed by atoms with van der Waals surface area (Å²) in [5, 5.41) is 21.4. The van der Waals surface area contributed by atoms with Gasteiger partial charge in [0, 0.05) is 10.6 Å². The molecule has 1 N–H and O–H groups in total. The lowest BCUT2D eigenvalue weighted by molar-refractivity contribution is 0.305. The highest BCUT2D eigenvalue weighted by Crippen LogP contribution is 2.18. The summed E-state index contributed by atoms with van der Waals surface area (Å²) in [4.78, 5) is 0. The van der Waals surface area contributed by atoms with Crippen LogP contribution in [0.25, 0.3) is 0 Å². The highest BCUT2D eigenvalue weighted by atomic mass is 35.5. The zero-order valence-corrected chi connectivity index (χ0v) is 11.2. The van der Waals surface area contributed by atoms with Crippen molar-refractivity contribution in [3.05, 3.63) is 64.7 Å². The second-order valence-electron chi connectivity index (χ2n) is 3.96. The van der Waals surface area contributed by atoms with E-state index in [1.54, 1.807) is 36.4 Å². The maximum atomic E-state index is 8.92. The van der Waals surface area contributed by atoms with Gasteiger partial charge in [-0.2, -0.15) is 5.26 Å². The summed E-state index contributed by atoms with van der Waals surface area (Å²) in [7, 11) is 0. The molecule has 0 aliphatic rings. The summed E-state index contributed by atoms with van der Waals surface area (Å²) >= 11 is 5.80. The van der Waals surface area contributed by atoms with Crippen LogP contribution in [0.1, 0.15) is 11.1 Å². The molecule has 0 spiro atoms. The van der Waals surface area contributed by atoms with Crippen LogP contribution in [-0.4, -0.2) is 10.9 Å². The Balaban J connectivity index is 2.18. The van der Waals surface area contributed by atoms with Crippen LogP contribution in [0.4, 0.5) is 0 Å². The van der Waals surface area contributed by atoms with Crippen molar-refractivity contribution in [2.75, 3.05) is 0 Å². The second kappa shape index (κ2) is 6.60. The molecule has 5 heteroatoms. The van der Waals surface area contributed by atoms with Gasteiger partial charge in [0.1, 0.15) is 18.4 Å². The molecule has 0 saturated heterocycles. The Labute approximate surface area is 121 Å². The summed E-state index contributed by atoms with van der Waals surface area (Å²) in [6.45, 7) is 0.262. The van der Waals surface area contributed by atoms with Crippen molar-refractivity contribution < 1.29 is 9.94 Å². The molecule has 2 aromatic carbocycles. The fourth-order valence-electron chi connectivity index (χ4n) is 1.71. The zero-order chi connectivity index (χ0) is 14.4. The first kappa shape index (κ1) is 13.9. The number of nitriles is 1. The highest BCUT2D eigenvalue weighted by Gasteiger charge is 2.09. The average Bonchev–Trinajstić information content (AvgIpc) is 2.49. The minimum Gasteiger partial charge on any atom is -0.489 e. The van der Waals surface area contributed by atoms with E-state index in [2.05, 4.69) is 5.16 Å². The number of hydrogen-bond acceptors (Lipinski definition) is 4. The van der Waals surface area contributed by atoms with E-state index < -0.39 is 0 Å². The number of benzene rings is 2. The minimum atomic E-state index is -0.0414. The third-order valence-electron chi connectivity index (χ3n) is 2.69. The Hall–Kier alpha value is -2.51. The number of ether oxygens (including phenoxy) is 1. The average molecular weight is 287 g/mol. The molecule has 4 nitrogen and oxygen atoms in total. The largest absolute Gasteiger partial charge is 0.489 e. The van der Waals surface area contributed by atoms with Gasteiger partial charge in [-0.1, -0.05) is 41.0 Å². The molecule has 100 valence electrons. The van der Waals surface area contributed by atoms with Gasteiger partial charge in [0.15, 0.2) is 5.71 Å². The molecule has 0 fully saturated rings. The molecule has 0 aliphatic carbocycles. The molecule has 0 aliphatic heterocycles. The predicted molar refractivity (Wildman–Crippen MR) is 76.2 cm³/mol. The van der Waals surface area contributed by atoms with E-state index in [-0.39, 0.29) is 12.3 Å². The van der Waals surface area contributed by atoms with Gasteiger partial charge in [-0.25, -0.2) is 0 Å². The fraction of sp³-hybridized carbons (Fsp3) is 0.0667. The van der Waals surface area contributed by atoms with Crippen molar-refractivity contribution in [2.24, 2.45) is 5.16 Å². The van der Waals surface area contributed by atoms with E-state index in [0.29, 0.717) is 16.3 Å². The van der Waals surface area contributed by atoms with Gasteiger partial charge in [-0.05, 0) is 29.8 Å². The van der Waals surface area contributed by atoms with Gasteiger partial charge in [0.25, 0.3) is 0 Å². The Bertz CT molecular complexity index is 660. The molecule has 20 heavy (non-hydrogen) atoms. The summed E-state index contributed by atoms with van der Waals surface area (Å²) in [6.07, 6.45) is 0. The minimum absolute atomic E-state index is 0.0414. The van der Waals surface area contributed by atoms with Crippen molar-refractivity contribution in [1.29, 1.82) is 5.26 Å². The lowest BCUT2D eigenvalue weighted by Crippen LogP contribution is -2.05. The normalized spacial score (nSPS) is 10.9. The number of nitrogens with zero attached hydrogens (tertiary/aromatic N) is 2. The highest BCUT2D eigenvalue weighted by molar-refractivity contribution is 6.30. The van der Waals surface area contributed by atoms with Gasteiger partial charge in [0.05, 0.1) is 0 Å². The van der Waals surface area contributed by atoms with Gasteiger partial charge < -0.3 is 9.94 Å². The Kier molecular flexibility index (Phi) is 4.59. The van der Waals surface area contributed by atoms with Crippen LogP contribution in [0.5, 0.6) is 5.75 Å². The van der Waals surface area contributed by atoms with Gasteiger partial charge in [-0.3, -0.25) is 0 Å². The monoisotopic (exact) mass is 286 g/mol. The van der Waals surface area contributed by atoms with Crippen LogP contribution in [0, 0.1) is 11.3 Å². The quantitative estimate of drug-likeness (QED) is 0.530. The summed E-state index contributed by atoms with van der Waals surface area (Å²) in [5.41, 5.74) is 1.27. The van der Waals surface area contributed by atoms with E-state index >= 15 is 0 Å². The van der Waals surface area contributed by atoms with Gasteiger partial charge in [-0.15, -0.1) is 0 Å². The molecule has 0 bridgehead atoms. The van der Waals surface area contributed by atoms with Crippen LogP contribution in [0.3, 0.4) is 0 Å². The molecule has 0 unspecified atom stereocenters. The molecule has 0 saturated carbocycles. The third-order valence-corrected chi connectivity index (χ3v) is 2.94. The van der Waals surface area contributed by atoms with E-state index in [1.807, 2.05) is 18.2 Å². The zero-order valence-electron chi connectivity index (χ0n) is 10.5. The predicted octanol–water partition coefficient (Wildman–Crippen LogP) is 3.62. The molecule has 0 amide bonds. The van der Waals surface area contributed by atoms with E-state index in [1.165, 1.54) is 0 Å². The van der Waals surface area contributed by atoms with Crippen molar-refractivity contribution in [1.82, 2.24) is 0 Å². The van der Waals surface area contributed by atoms with E-state index in [0.717, 1.165) is 5.56 Å². The van der Waals surface area contributed by atoms with E-state index in [4.69, 9.17) is 26.8 Å². The molecule has 0 heterocycles. The second-order valence-corrected chi connectivity index (χ2v) is 4.40. The molecule has 0 radical (unpaired) electrons. The van der Waals surface area contributed by atoms with Gasteiger partial charge >= 0.3 is 0 Å². The van der Waals surface area contributed by atoms with Crippen LogP contribution < -0.4 is 4.74 Å². The molecule has 2 aromatic rings. The lowest BCUT2D eigenvalue weighted by atomic mass is 10.0. The Morgan fingerprint density at radius 1 is 1.20 bits per heavy atom. The number of rotatable bonds is 4. The van der Waals surface area contributed by atoms with Crippen molar-refractivity contribution in [2.45, 2.75) is 6.61 Å². The third kappa shape index (κ3) is 3.28. The van der Waals surface area contributed by atoms with Crippen molar-refractivity contribution >= 4 is 17.3 Å². The molecule has 2 rings (SSSR count). The Morgan fingerprint density at radius 3 is 2.55 bits per heavy atom. The summed E-state index contributed by atoms with van der Waals surface area (Å²) in [5.74, 6) is 0.670. The molecule has 0 atom stereocenters. The van der Waals surface area contributed by atoms with Crippen molar-refractivity contribution in [3.63, 3.8) is 0 Å². The number of oxime groups is 1. The van der Waals surface area contributed by atoms with Crippen LogP contribution in [0.15, 0.2) is 53.7 Å². The lowest BCUT2D eigenvalue weighted by Gasteiger charge is -2.09. The first-order valence-electron chi connectivity index (χ1n) is 5.83. The SMILES string of the molecule is N#CC(=NO)c1ccccc1COc1ccc(Cl)cc1. The topological polar surface area (TPSA) is 65.6 Å². The molecular weight excluding hydrogens is 276 g/mol. The van der Waals surface area contributed by atoms with E-state index in [9.17, 15) is 0 Å². The van der Waals surface area contributed by atoms with Crippen LogP contribution >= 0.6 is 11.6 Å². The maximum absolute atomic E-state index is 8.92. The molecular formula is C15H11ClN2O2. The van der Waals surface area contributed by atoms with Crippen molar-refractivity contribution in [3.8, 4) is 11.8 Å². The standard InChI is InChI=1S/C15H11ClN2O2/c16-12-5-7-13(8-6-12)20-10-11-3-1-2-4-14(11)15(9-17)18-19/h1-8,19H,10H2. The van der Waals surface area contributed by atoms with Crippen LogP contribution in [-0.2, 0) is 6.61 Å². The Morgan fingerprint density at radius 2 is 1.90 bits per heavy atom. The maximum Gasteiger partial charge on any atom is 0.187 e. The fourth-order valence-corrected chi connectivity index (χ4v) is 1.83. The first-order valence-corrected chi connectivity index (χ1v) is 6.21. The smallest absolute Gasteiger partial charge is 0.187 e. The number of hydrogen-bond donors (Lipinski definition) is 1. The number of halogens is 1. The first-order chi connectivity index (χ1) is 9.74. The van der Waals surface area contributed by atoms with Crippen LogP contribution in [0.2, 0.25) is 5.02 Å². The summed E-state index contributed by atoms with van der Waals surface area (Å²) < 4.78 is 5.62. The summed E-state index contributed by atoms with van der Waals surface area (Å²) in [6, 6.07) is 15.9.